The summed E-state index contributed by atoms with van der Waals surface area (Å²) >= 11 is 0. The van der Waals surface area contributed by atoms with Gasteiger partial charge in [0, 0.05) is 61.2 Å². The minimum atomic E-state index is -1.46. The number of hydrogen-bond donors (Lipinski definition) is 15. The number of unbranched alkanes of at least 4 members (excludes halogenated alkanes) is 2. The number of aliphatic carboxylic acids is 2. The number of rotatable bonds is 35. The van der Waals surface area contributed by atoms with Crippen molar-refractivity contribution in [3.63, 3.8) is 0 Å². The number of carboxylic acid groups (broad SMARTS) is 2. The predicted molar refractivity (Wildman–Crippen MR) is 284 cm³/mol. The summed E-state index contributed by atoms with van der Waals surface area (Å²) in [4.78, 5) is 135. The lowest BCUT2D eigenvalue weighted by Crippen LogP contribution is -2.60. The van der Waals surface area contributed by atoms with Crippen molar-refractivity contribution in [2.24, 2.45) is 27.9 Å². The molecule has 0 fully saturated rings. The second-order valence-corrected chi connectivity index (χ2v) is 18.4. The third-order valence-corrected chi connectivity index (χ3v) is 12.3. The summed E-state index contributed by atoms with van der Waals surface area (Å²) in [6.07, 6.45) is 5.86. The molecule has 0 aliphatic heterocycles. The van der Waals surface area contributed by atoms with Crippen molar-refractivity contribution in [2.45, 2.75) is 133 Å². The third kappa shape index (κ3) is 21.4. The Bertz CT molecular complexity index is 2610. The van der Waals surface area contributed by atoms with Crippen LogP contribution >= 0.6 is 0 Å². The number of aliphatic imine (C=N–C) groups is 1. The molecule has 2 aromatic heterocycles. The van der Waals surface area contributed by atoms with Crippen LogP contribution in [0.15, 0.2) is 78.3 Å². The van der Waals surface area contributed by atoms with Crippen LogP contribution in [0.4, 0.5) is 0 Å². The molecule has 7 amide bonds. The monoisotopic (exact) mass is 1070 g/mol. The van der Waals surface area contributed by atoms with Crippen LogP contribution in [-0.2, 0) is 62.4 Å². The van der Waals surface area contributed by atoms with Crippen LogP contribution in [0.2, 0.25) is 0 Å². The number of guanidine groups is 1. The summed E-state index contributed by atoms with van der Waals surface area (Å²) in [6.45, 7) is 1.62. The van der Waals surface area contributed by atoms with Gasteiger partial charge in [-0.05, 0) is 68.7 Å². The van der Waals surface area contributed by atoms with Crippen molar-refractivity contribution in [3.8, 4) is 0 Å². The summed E-state index contributed by atoms with van der Waals surface area (Å²) in [5, 5.41) is 38.1. The van der Waals surface area contributed by atoms with E-state index in [4.69, 9.17) is 22.9 Å². The molecular formula is C51H73N15O11. The van der Waals surface area contributed by atoms with Gasteiger partial charge in [0.15, 0.2) is 5.96 Å². The highest BCUT2D eigenvalue weighted by molar-refractivity contribution is 5.98. The van der Waals surface area contributed by atoms with Gasteiger partial charge in [-0.2, -0.15) is 0 Å². The average molecular weight is 1070 g/mol. The zero-order valence-electron chi connectivity index (χ0n) is 43.1. The number of H-pyrrole nitrogens is 2. The molecular weight excluding hydrogens is 999 g/mol. The molecule has 26 nitrogen and oxygen atoms in total. The van der Waals surface area contributed by atoms with E-state index in [-0.39, 0.29) is 57.5 Å². The van der Waals surface area contributed by atoms with Gasteiger partial charge >= 0.3 is 11.9 Å². The van der Waals surface area contributed by atoms with Crippen LogP contribution in [0, 0.1) is 0 Å². The number of aromatic amines is 2. The molecule has 2 aromatic carbocycles. The number of carboxylic acids is 2. The van der Waals surface area contributed by atoms with E-state index >= 15 is 0 Å². The second-order valence-electron chi connectivity index (χ2n) is 18.4. The summed E-state index contributed by atoms with van der Waals surface area (Å²) < 4.78 is 0. The molecule has 0 bridgehead atoms. The zero-order valence-corrected chi connectivity index (χ0v) is 43.1. The molecule has 0 aliphatic rings. The number of fused-ring (bicyclic) bond motifs is 1. The summed E-state index contributed by atoms with van der Waals surface area (Å²) in [5.41, 5.74) is 25.1. The Morgan fingerprint density at radius 2 is 1.23 bits per heavy atom. The molecule has 0 aliphatic carbocycles. The number of aromatic nitrogens is 3. The molecule has 4 rings (SSSR count). The summed E-state index contributed by atoms with van der Waals surface area (Å²) in [6, 6.07) is 6.44. The van der Waals surface area contributed by atoms with Gasteiger partial charge < -0.3 is 80.3 Å². The number of carbonyl (C=O) groups excluding carboxylic acids is 7. The molecule has 26 heteroatoms. The van der Waals surface area contributed by atoms with Crippen LogP contribution < -0.4 is 60.2 Å². The molecule has 0 radical (unpaired) electrons. The van der Waals surface area contributed by atoms with E-state index in [1.807, 2.05) is 19.1 Å². The van der Waals surface area contributed by atoms with E-state index in [9.17, 15) is 53.4 Å². The van der Waals surface area contributed by atoms with Crippen LogP contribution in [0.25, 0.3) is 10.9 Å². The van der Waals surface area contributed by atoms with E-state index in [1.165, 1.54) is 12.5 Å². The molecule has 77 heavy (non-hydrogen) atoms. The lowest BCUT2D eigenvalue weighted by atomic mass is 10.0. The molecule has 4 aromatic rings. The number of imidazole rings is 1. The van der Waals surface area contributed by atoms with Crippen LogP contribution in [0.5, 0.6) is 0 Å². The molecule has 418 valence electrons. The Hall–Kier alpha value is -8.39. The SMILES string of the molecule is CCCC[C@H](N)C(=O)N[C@@H](CCC(=O)O)C(=O)N[C@H](Cc1cnc[nH]1)C(=O)N[C@@H](Cc1ccccc1)C(=O)N[C@@H](CCCN=C(N)N)C(=O)N[C@@H](Cc1c[nH]c2ccccc12)C(=O)NCC(=O)N[C@@H](CCCCN)C(=O)O. The number of nitrogens with zero attached hydrogens (tertiary/aromatic N) is 2. The maximum absolute atomic E-state index is 14.7. The van der Waals surface area contributed by atoms with Gasteiger partial charge in [-0.25, -0.2) is 9.78 Å². The van der Waals surface area contributed by atoms with E-state index in [0.717, 1.165) is 17.3 Å². The molecule has 0 saturated heterocycles. The quantitative estimate of drug-likeness (QED) is 0.0143. The highest BCUT2D eigenvalue weighted by Gasteiger charge is 2.34. The van der Waals surface area contributed by atoms with Crippen LogP contribution in [0.1, 0.15) is 88.0 Å². The predicted octanol–water partition coefficient (Wildman–Crippen LogP) is -1.41. The number of hydrogen-bond acceptors (Lipinski definition) is 13. The van der Waals surface area contributed by atoms with Gasteiger partial charge in [0.05, 0.1) is 18.9 Å². The fourth-order valence-electron chi connectivity index (χ4n) is 8.13. The first kappa shape index (κ1) is 61.2. The van der Waals surface area contributed by atoms with Crippen molar-refractivity contribution >= 4 is 70.2 Å². The maximum atomic E-state index is 14.7. The fraction of sp³-hybridized carbons (Fsp3) is 0.471. The minimum Gasteiger partial charge on any atom is -0.481 e. The topological polar surface area (TPSA) is 439 Å². The normalized spacial score (nSPS) is 13.8. The first-order chi connectivity index (χ1) is 36.9. The number of amides is 7. The first-order valence-electron chi connectivity index (χ1n) is 25.5. The second kappa shape index (κ2) is 32.1. The lowest BCUT2D eigenvalue weighted by Gasteiger charge is -2.27. The number of benzene rings is 2. The third-order valence-electron chi connectivity index (χ3n) is 12.3. The van der Waals surface area contributed by atoms with Crippen molar-refractivity contribution in [1.29, 1.82) is 0 Å². The van der Waals surface area contributed by atoms with E-state index < -0.39 is 109 Å². The Morgan fingerprint density at radius 1 is 0.636 bits per heavy atom. The highest BCUT2D eigenvalue weighted by atomic mass is 16.4. The minimum absolute atomic E-state index is 0.0255. The van der Waals surface area contributed by atoms with Gasteiger partial charge in [0.1, 0.15) is 36.3 Å². The number of para-hydroxylation sites is 1. The Labute approximate surface area is 444 Å². The average Bonchev–Trinajstić information content (AvgIpc) is 4.08. The fourth-order valence-corrected chi connectivity index (χ4v) is 8.13. The van der Waals surface area contributed by atoms with Crippen LogP contribution in [0.3, 0.4) is 0 Å². The smallest absolute Gasteiger partial charge is 0.326 e. The van der Waals surface area contributed by atoms with Gasteiger partial charge in [0.2, 0.25) is 41.4 Å². The van der Waals surface area contributed by atoms with Crippen molar-refractivity contribution in [3.05, 3.63) is 90.1 Å². The largest absolute Gasteiger partial charge is 0.481 e. The number of nitrogens with one attached hydrogen (secondary N) is 9. The summed E-state index contributed by atoms with van der Waals surface area (Å²) in [7, 11) is 0. The maximum Gasteiger partial charge on any atom is 0.326 e. The molecule has 0 saturated carbocycles. The van der Waals surface area contributed by atoms with Crippen molar-refractivity contribution < 1.29 is 53.4 Å². The van der Waals surface area contributed by atoms with E-state index in [0.29, 0.717) is 49.0 Å². The molecule has 0 unspecified atom stereocenters. The van der Waals surface area contributed by atoms with Gasteiger partial charge in [-0.3, -0.25) is 43.3 Å². The van der Waals surface area contributed by atoms with Crippen LogP contribution in [-0.4, -0.2) is 146 Å². The summed E-state index contributed by atoms with van der Waals surface area (Å²) in [5.74, 6) is -8.55. The van der Waals surface area contributed by atoms with Crippen molar-refractivity contribution in [2.75, 3.05) is 19.6 Å². The Balaban J connectivity index is 1.65. The lowest BCUT2D eigenvalue weighted by molar-refractivity contribution is -0.142. The number of nitrogens with two attached hydrogens (primary N) is 4. The van der Waals surface area contributed by atoms with Gasteiger partial charge in [-0.15, -0.1) is 0 Å². The number of carbonyl (C=O) groups is 9. The highest BCUT2D eigenvalue weighted by Crippen LogP contribution is 2.20. The van der Waals surface area contributed by atoms with Gasteiger partial charge in [-0.1, -0.05) is 68.3 Å². The van der Waals surface area contributed by atoms with Crippen molar-refractivity contribution in [1.82, 2.24) is 52.2 Å². The first-order valence-corrected chi connectivity index (χ1v) is 25.5. The van der Waals surface area contributed by atoms with E-state index in [2.05, 4.69) is 57.2 Å². The molecule has 0 spiro atoms. The van der Waals surface area contributed by atoms with Gasteiger partial charge in [0.25, 0.3) is 0 Å². The Kier molecular flexibility index (Phi) is 25.5. The standard InChI is InChI=1S/C51H73N15O11/c1-2-3-15-34(53)44(70)62-37(19-20-43(68)69)47(73)66-41(25-32-27-56-29-60-32)49(75)64-39(23-30-12-5-4-6-13-30)48(74)63-36(18-11-22-57-51(54)55)46(72)65-40(24-31-26-58-35-16-8-7-14-33(31)35)45(71)59-28-42(67)61-38(50(76)77)17-9-10-21-52/h4-8,12-14,16,26-27,29,34,36-41,58H,2-3,9-11,15,17-25,28,52-53H2,1H3,(H,56,60)(H,59,71)(H,61,67)(H,62,70)(H,63,74)(H,64,75)(H,65,72)(H,66,73)(H,68,69)(H,76,77)(H4,54,55,57)/t34-,36-,37-,38-,39-,40-,41+/m0/s1. The van der Waals surface area contributed by atoms with E-state index in [1.54, 1.807) is 48.7 Å². The Morgan fingerprint density at radius 3 is 1.86 bits per heavy atom. The molecule has 7 atom stereocenters. The molecule has 2 heterocycles. The zero-order chi connectivity index (χ0) is 56.3. The molecule has 19 N–H and O–H groups in total.